The van der Waals surface area contributed by atoms with Gasteiger partial charge in [0.2, 0.25) is 0 Å². The molecule has 0 aliphatic carbocycles. The number of aliphatic hydroxyl groups excluding tert-OH is 1. The summed E-state index contributed by atoms with van der Waals surface area (Å²) in [6, 6.07) is 3.41. The van der Waals surface area contributed by atoms with Gasteiger partial charge >= 0.3 is 0 Å². The highest BCUT2D eigenvalue weighted by molar-refractivity contribution is 5.85. The molecule has 1 unspecified atom stereocenters. The largest absolute Gasteiger partial charge is 0.385 e. The molecule has 1 aromatic heterocycles. The van der Waals surface area contributed by atoms with Crippen LogP contribution in [0.2, 0.25) is 0 Å². The second-order valence-electron chi connectivity index (χ2n) is 4.25. The summed E-state index contributed by atoms with van der Waals surface area (Å²) in [4.78, 5) is 15.7. The Morgan fingerprint density at radius 1 is 1.47 bits per heavy atom. The molecule has 1 heterocycles. The standard InChI is InChI=1S/C13H20N2O2/c1-3-10(4-2)13(17)11(16)7-9-5-6-15-12(14)8-9/h5-6,8,10,13,17H,3-4,7H2,1-2H3,(H2,14,15). The first kappa shape index (κ1) is 13.6. The second kappa shape index (κ2) is 6.35. The summed E-state index contributed by atoms with van der Waals surface area (Å²) in [6.45, 7) is 3.96. The van der Waals surface area contributed by atoms with E-state index >= 15 is 0 Å². The first-order chi connectivity index (χ1) is 8.08. The number of anilines is 1. The molecule has 0 radical (unpaired) electrons. The van der Waals surface area contributed by atoms with Crippen LogP contribution in [0, 0.1) is 5.92 Å². The van der Waals surface area contributed by atoms with E-state index in [2.05, 4.69) is 4.98 Å². The van der Waals surface area contributed by atoms with Crippen LogP contribution in [-0.4, -0.2) is 22.0 Å². The van der Waals surface area contributed by atoms with E-state index in [0.717, 1.165) is 18.4 Å². The van der Waals surface area contributed by atoms with E-state index in [1.54, 1.807) is 18.3 Å². The molecular formula is C13H20N2O2. The van der Waals surface area contributed by atoms with Gasteiger partial charge in [0, 0.05) is 12.6 Å². The van der Waals surface area contributed by atoms with Gasteiger partial charge in [-0.1, -0.05) is 26.7 Å². The van der Waals surface area contributed by atoms with E-state index in [0.29, 0.717) is 5.82 Å². The van der Waals surface area contributed by atoms with Gasteiger partial charge in [-0.05, 0) is 23.6 Å². The predicted octanol–water partition coefficient (Wildman–Crippen LogP) is 1.57. The van der Waals surface area contributed by atoms with Crippen molar-refractivity contribution in [3.05, 3.63) is 23.9 Å². The molecular weight excluding hydrogens is 216 g/mol. The Kier molecular flexibility index (Phi) is 5.10. The molecule has 0 saturated carbocycles. The first-order valence-corrected chi connectivity index (χ1v) is 5.99. The molecule has 4 heteroatoms. The smallest absolute Gasteiger partial charge is 0.165 e. The lowest BCUT2D eigenvalue weighted by molar-refractivity contribution is -0.129. The van der Waals surface area contributed by atoms with E-state index in [4.69, 9.17) is 5.73 Å². The molecule has 0 amide bonds. The van der Waals surface area contributed by atoms with Crippen molar-refractivity contribution in [3.8, 4) is 0 Å². The Morgan fingerprint density at radius 3 is 2.65 bits per heavy atom. The number of carbonyl (C=O) groups excluding carboxylic acids is 1. The van der Waals surface area contributed by atoms with Crippen LogP contribution in [0.5, 0.6) is 0 Å². The van der Waals surface area contributed by atoms with Crippen LogP contribution < -0.4 is 5.73 Å². The van der Waals surface area contributed by atoms with Crippen molar-refractivity contribution in [1.29, 1.82) is 0 Å². The third kappa shape index (κ3) is 3.82. The number of rotatable bonds is 6. The van der Waals surface area contributed by atoms with Crippen molar-refractivity contribution in [1.82, 2.24) is 4.98 Å². The van der Waals surface area contributed by atoms with Crippen molar-refractivity contribution >= 4 is 11.6 Å². The third-order valence-corrected chi connectivity index (χ3v) is 3.05. The summed E-state index contributed by atoms with van der Waals surface area (Å²) >= 11 is 0. The molecule has 94 valence electrons. The van der Waals surface area contributed by atoms with Gasteiger partial charge < -0.3 is 10.8 Å². The lowest BCUT2D eigenvalue weighted by Crippen LogP contribution is -2.30. The predicted molar refractivity (Wildman–Crippen MR) is 67.4 cm³/mol. The topological polar surface area (TPSA) is 76.2 Å². The average Bonchev–Trinajstić information content (AvgIpc) is 2.30. The number of Topliss-reactive ketones (excluding diaryl/α,β-unsaturated/α-hetero) is 1. The number of pyridine rings is 1. The van der Waals surface area contributed by atoms with Crippen molar-refractivity contribution in [2.45, 2.75) is 39.2 Å². The fourth-order valence-electron chi connectivity index (χ4n) is 1.91. The first-order valence-electron chi connectivity index (χ1n) is 5.99. The van der Waals surface area contributed by atoms with E-state index in [-0.39, 0.29) is 18.1 Å². The second-order valence-corrected chi connectivity index (χ2v) is 4.25. The number of aliphatic hydroxyl groups is 1. The van der Waals surface area contributed by atoms with Crippen LogP contribution in [0.15, 0.2) is 18.3 Å². The summed E-state index contributed by atoms with van der Waals surface area (Å²) in [5.74, 6) is 0.290. The Bertz CT molecular complexity index is 375. The van der Waals surface area contributed by atoms with Crippen molar-refractivity contribution in [3.63, 3.8) is 0 Å². The highest BCUT2D eigenvalue weighted by Gasteiger charge is 2.23. The number of nitrogen functional groups attached to an aromatic ring is 1. The van der Waals surface area contributed by atoms with Crippen LogP contribution in [0.4, 0.5) is 5.82 Å². The van der Waals surface area contributed by atoms with Gasteiger partial charge in [-0.25, -0.2) is 4.98 Å². The number of nitrogens with two attached hydrogens (primary N) is 1. The number of nitrogens with zero attached hydrogens (tertiary/aromatic N) is 1. The Balaban J connectivity index is 2.65. The molecule has 0 fully saturated rings. The molecule has 0 bridgehead atoms. The van der Waals surface area contributed by atoms with Gasteiger partial charge in [0.15, 0.2) is 5.78 Å². The number of hydrogen-bond acceptors (Lipinski definition) is 4. The lowest BCUT2D eigenvalue weighted by Gasteiger charge is -2.18. The Labute approximate surface area is 102 Å². The molecule has 3 N–H and O–H groups in total. The van der Waals surface area contributed by atoms with Gasteiger partial charge in [-0.2, -0.15) is 0 Å². The monoisotopic (exact) mass is 236 g/mol. The molecule has 0 aliphatic rings. The minimum absolute atomic E-state index is 0.0432. The van der Waals surface area contributed by atoms with Gasteiger partial charge in [-0.3, -0.25) is 4.79 Å². The zero-order chi connectivity index (χ0) is 12.8. The summed E-state index contributed by atoms with van der Waals surface area (Å²) in [5, 5.41) is 9.91. The van der Waals surface area contributed by atoms with E-state index in [1.165, 1.54) is 0 Å². The van der Waals surface area contributed by atoms with Gasteiger partial charge in [-0.15, -0.1) is 0 Å². The maximum Gasteiger partial charge on any atom is 0.165 e. The van der Waals surface area contributed by atoms with E-state index < -0.39 is 6.10 Å². The van der Waals surface area contributed by atoms with Crippen LogP contribution in [0.3, 0.4) is 0 Å². The van der Waals surface area contributed by atoms with E-state index in [1.807, 2.05) is 13.8 Å². The molecule has 0 spiro atoms. The van der Waals surface area contributed by atoms with Gasteiger partial charge in [0.1, 0.15) is 11.9 Å². The molecule has 17 heavy (non-hydrogen) atoms. The summed E-state index contributed by atoms with van der Waals surface area (Å²) in [7, 11) is 0. The molecule has 1 atom stereocenters. The van der Waals surface area contributed by atoms with Crippen molar-refractivity contribution < 1.29 is 9.90 Å². The molecule has 0 aliphatic heterocycles. The maximum atomic E-state index is 11.9. The fourth-order valence-corrected chi connectivity index (χ4v) is 1.91. The zero-order valence-electron chi connectivity index (χ0n) is 10.4. The SMILES string of the molecule is CCC(CC)C(O)C(=O)Cc1ccnc(N)c1. The molecule has 1 rings (SSSR count). The number of ketones is 1. The fraction of sp³-hybridized carbons (Fsp3) is 0.538. The average molecular weight is 236 g/mol. The minimum atomic E-state index is -0.876. The van der Waals surface area contributed by atoms with Gasteiger partial charge in [0.25, 0.3) is 0 Å². The van der Waals surface area contributed by atoms with Crippen LogP contribution in [-0.2, 0) is 11.2 Å². The Hall–Kier alpha value is -1.42. The van der Waals surface area contributed by atoms with Crippen molar-refractivity contribution in [2.75, 3.05) is 5.73 Å². The third-order valence-electron chi connectivity index (χ3n) is 3.05. The lowest BCUT2D eigenvalue weighted by atomic mass is 9.91. The normalized spacial score (nSPS) is 12.7. The minimum Gasteiger partial charge on any atom is -0.385 e. The number of hydrogen-bond donors (Lipinski definition) is 2. The number of aromatic nitrogens is 1. The van der Waals surface area contributed by atoms with Crippen LogP contribution >= 0.6 is 0 Å². The molecule has 0 aromatic carbocycles. The van der Waals surface area contributed by atoms with Crippen LogP contribution in [0.1, 0.15) is 32.3 Å². The number of carbonyl (C=O) groups is 1. The van der Waals surface area contributed by atoms with E-state index in [9.17, 15) is 9.90 Å². The quantitative estimate of drug-likeness (QED) is 0.786. The molecule has 0 saturated heterocycles. The maximum absolute atomic E-state index is 11.9. The summed E-state index contributed by atoms with van der Waals surface area (Å²) in [5.41, 5.74) is 6.34. The highest BCUT2D eigenvalue weighted by Crippen LogP contribution is 2.16. The van der Waals surface area contributed by atoms with Gasteiger partial charge in [0.05, 0.1) is 0 Å². The molecule has 4 nitrogen and oxygen atoms in total. The zero-order valence-corrected chi connectivity index (χ0v) is 10.4. The summed E-state index contributed by atoms with van der Waals surface area (Å²) in [6.07, 6.45) is 2.52. The van der Waals surface area contributed by atoms with Crippen molar-refractivity contribution in [2.24, 2.45) is 5.92 Å². The Morgan fingerprint density at radius 2 is 2.12 bits per heavy atom. The summed E-state index contributed by atoms with van der Waals surface area (Å²) < 4.78 is 0. The highest BCUT2D eigenvalue weighted by atomic mass is 16.3. The molecule has 1 aromatic rings. The van der Waals surface area contributed by atoms with Crippen LogP contribution in [0.25, 0.3) is 0 Å².